The summed E-state index contributed by atoms with van der Waals surface area (Å²) in [7, 11) is 1.70. The largest absolute Gasteiger partial charge is 0.343 e. The highest BCUT2D eigenvalue weighted by Gasteiger charge is 2.49. The first-order chi connectivity index (χ1) is 17.4. The third kappa shape index (κ3) is 5.18. The molecule has 0 aliphatic carbocycles. The highest BCUT2D eigenvalue weighted by molar-refractivity contribution is 7.99. The van der Waals surface area contributed by atoms with Crippen LogP contribution in [0.15, 0.2) is 46.5 Å². The number of nitrogens with one attached hydrogen (secondary N) is 1. The second kappa shape index (κ2) is 10.5. The summed E-state index contributed by atoms with van der Waals surface area (Å²) in [5, 5.41) is 3.23. The number of amides is 3. The first-order valence-electron chi connectivity index (χ1n) is 12.5. The molecule has 2 aromatic rings. The average molecular weight is 508 g/mol. The number of carbonyl (C=O) groups is 2. The highest BCUT2D eigenvalue weighted by Crippen LogP contribution is 2.29. The molecule has 0 spiro atoms. The molecule has 10 heteroatoms. The lowest BCUT2D eigenvalue weighted by atomic mass is 9.90. The van der Waals surface area contributed by atoms with Gasteiger partial charge >= 0.3 is 6.03 Å². The molecule has 190 valence electrons. The maximum Gasteiger partial charge on any atom is 0.325 e. The van der Waals surface area contributed by atoms with E-state index in [9.17, 15) is 9.59 Å². The Balaban J connectivity index is 1.28. The van der Waals surface area contributed by atoms with E-state index in [4.69, 9.17) is 4.99 Å². The van der Waals surface area contributed by atoms with Crippen LogP contribution in [0.5, 0.6) is 0 Å². The Morgan fingerprint density at radius 3 is 2.44 bits per heavy atom. The summed E-state index contributed by atoms with van der Waals surface area (Å²) in [4.78, 5) is 45.1. The number of aromatic nitrogens is 2. The Bertz CT molecular complexity index is 1130. The van der Waals surface area contributed by atoms with Gasteiger partial charge in [-0.3, -0.25) is 10.1 Å². The van der Waals surface area contributed by atoms with Crippen LogP contribution in [0, 0.1) is 19.8 Å². The molecule has 1 aromatic carbocycles. The van der Waals surface area contributed by atoms with E-state index in [0.717, 1.165) is 54.9 Å². The number of rotatable bonds is 6. The van der Waals surface area contributed by atoms with Gasteiger partial charge in [-0.05, 0) is 50.7 Å². The molecular weight excluding hydrogens is 474 g/mol. The number of aryl methyl sites for hydroxylation is 2. The number of urea groups is 1. The first kappa shape index (κ1) is 24.5. The fourth-order valence-electron chi connectivity index (χ4n) is 5.29. The molecule has 5 rings (SSSR count). The average Bonchev–Trinajstić information content (AvgIpc) is 3.23. The Kier molecular flexibility index (Phi) is 7.13. The third-order valence-electron chi connectivity index (χ3n) is 7.13. The number of fused-ring (bicyclic) bond motifs is 1. The van der Waals surface area contributed by atoms with E-state index in [2.05, 4.69) is 55.4 Å². The van der Waals surface area contributed by atoms with E-state index in [0.29, 0.717) is 18.2 Å². The summed E-state index contributed by atoms with van der Waals surface area (Å²) in [6, 6.07) is 11.7. The van der Waals surface area contributed by atoms with Crippen molar-refractivity contribution in [3.05, 3.63) is 53.3 Å². The van der Waals surface area contributed by atoms with Crippen molar-refractivity contribution in [3.63, 3.8) is 0 Å². The summed E-state index contributed by atoms with van der Waals surface area (Å²) in [5.41, 5.74) is 3.27. The maximum absolute atomic E-state index is 12.9. The molecule has 2 unspecified atom stereocenters. The summed E-state index contributed by atoms with van der Waals surface area (Å²) in [6.45, 7) is 6.32. The number of carbonyl (C=O) groups excluding carboxylic acids is 2. The van der Waals surface area contributed by atoms with Crippen LogP contribution in [0.2, 0.25) is 0 Å². The minimum atomic E-state index is -0.523. The van der Waals surface area contributed by atoms with Gasteiger partial charge < -0.3 is 14.7 Å². The number of imide groups is 1. The zero-order chi connectivity index (χ0) is 25.2. The molecule has 2 atom stereocenters. The quantitative estimate of drug-likeness (QED) is 0.475. The molecule has 36 heavy (non-hydrogen) atoms. The third-order valence-corrected chi connectivity index (χ3v) is 7.96. The fraction of sp³-hybridized carbons (Fsp3) is 0.500. The van der Waals surface area contributed by atoms with E-state index in [-0.39, 0.29) is 5.91 Å². The van der Waals surface area contributed by atoms with Gasteiger partial charge in [-0.2, -0.15) is 0 Å². The van der Waals surface area contributed by atoms with Gasteiger partial charge in [-0.15, -0.1) is 0 Å². The second-order valence-electron chi connectivity index (χ2n) is 9.79. The van der Waals surface area contributed by atoms with Crippen LogP contribution in [0.3, 0.4) is 0 Å². The molecule has 3 aliphatic rings. The smallest absolute Gasteiger partial charge is 0.325 e. The Morgan fingerprint density at radius 1 is 1.06 bits per heavy atom. The van der Waals surface area contributed by atoms with Gasteiger partial charge in [-0.1, -0.05) is 42.1 Å². The highest BCUT2D eigenvalue weighted by atomic mass is 32.2. The lowest BCUT2D eigenvalue weighted by Crippen LogP contribution is -2.64. The normalized spacial score (nSPS) is 22.5. The summed E-state index contributed by atoms with van der Waals surface area (Å²) in [6.07, 6.45) is 2.72. The van der Waals surface area contributed by atoms with Crippen molar-refractivity contribution in [2.45, 2.75) is 50.5 Å². The molecule has 3 amide bonds. The fourth-order valence-corrected chi connectivity index (χ4v) is 6.18. The molecule has 3 aliphatic heterocycles. The van der Waals surface area contributed by atoms with Crippen LogP contribution < -0.4 is 5.32 Å². The molecule has 1 N–H and O–H groups in total. The number of guanidine groups is 1. The van der Waals surface area contributed by atoms with Gasteiger partial charge in [0.25, 0.3) is 5.91 Å². The first-order valence-corrected chi connectivity index (χ1v) is 13.5. The van der Waals surface area contributed by atoms with Gasteiger partial charge in [0.1, 0.15) is 0 Å². The van der Waals surface area contributed by atoms with E-state index in [1.54, 1.807) is 18.8 Å². The molecule has 0 saturated carbocycles. The minimum absolute atomic E-state index is 0.284. The number of nitrogens with zero attached hydrogens (tertiary/aromatic N) is 6. The SMILES string of the molecule is Cc1cc(C)nc(SCCN2C(N3CCC(Cc4ccccc4)CC3)=NC3C2C(=O)NC(=O)N3C)n1. The van der Waals surface area contributed by atoms with Crippen molar-refractivity contribution < 1.29 is 9.59 Å². The van der Waals surface area contributed by atoms with Crippen molar-refractivity contribution in [1.29, 1.82) is 0 Å². The summed E-state index contributed by atoms with van der Waals surface area (Å²) >= 11 is 1.58. The van der Waals surface area contributed by atoms with E-state index in [1.807, 2.05) is 19.9 Å². The molecule has 0 bridgehead atoms. The van der Waals surface area contributed by atoms with E-state index >= 15 is 0 Å². The van der Waals surface area contributed by atoms with Gasteiger partial charge in [0, 0.05) is 43.8 Å². The van der Waals surface area contributed by atoms with Crippen molar-refractivity contribution in [2.75, 3.05) is 32.4 Å². The van der Waals surface area contributed by atoms with Gasteiger partial charge in [0.05, 0.1) is 0 Å². The maximum atomic E-state index is 12.9. The van der Waals surface area contributed by atoms with E-state index in [1.165, 1.54) is 10.5 Å². The summed E-state index contributed by atoms with van der Waals surface area (Å²) in [5.74, 6) is 1.88. The van der Waals surface area contributed by atoms with Crippen LogP contribution in [0.1, 0.15) is 29.8 Å². The number of piperidine rings is 1. The van der Waals surface area contributed by atoms with Crippen LogP contribution in [0.4, 0.5) is 4.79 Å². The van der Waals surface area contributed by atoms with Crippen molar-refractivity contribution in [1.82, 2.24) is 30.0 Å². The molecule has 2 saturated heterocycles. The van der Waals surface area contributed by atoms with Gasteiger partial charge in [-0.25, -0.2) is 19.8 Å². The lowest BCUT2D eigenvalue weighted by Gasteiger charge is -2.39. The van der Waals surface area contributed by atoms with Crippen LogP contribution in [-0.4, -0.2) is 87.2 Å². The molecule has 0 radical (unpaired) electrons. The van der Waals surface area contributed by atoms with E-state index < -0.39 is 18.2 Å². The topological polar surface area (TPSA) is 94.0 Å². The minimum Gasteiger partial charge on any atom is -0.343 e. The van der Waals surface area contributed by atoms with Crippen molar-refractivity contribution in [2.24, 2.45) is 10.9 Å². The number of likely N-dealkylation sites (tertiary alicyclic amines) is 1. The number of benzene rings is 1. The molecule has 1 aromatic heterocycles. The predicted molar refractivity (Wildman–Crippen MR) is 140 cm³/mol. The van der Waals surface area contributed by atoms with Crippen molar-refractivity contribution in [3.8, 4) is 0 Å². The van der Waals surface area contributed by atoms with Crippen LogP contribution >= 0.6 is 11.8 Å². The number of hydrogen-bond acceptors (Lipinski definition) is 8. The van der Waals surface area contributed by atoms with Gasteiger partial charge in [0.2, 0.25) is 0 Å². The Labute approximate surface area is 216 Å². The predicted octanol–water partition coefficient (Wildman–Crippen LogP) is 2.69. The number of likely N-dealkylation sites (N-methyl/N-ethyl adjacent to an activating group) is 1. The van der Waals surface area contributed by atoms with Crippen LogP contribution in [-0.2, 0) is 11.2 Å². The number of thioether (sulfide) groups is 1. The van der Waals surface area contributed by atoms with Crippen molar-refractivity contribution >= 4 is 29.7 Å². The number of hydrogen-bond donors (Lipinski definition) is 1. The molecule has 4 heterocycles. The number of aliphatic imine (C=N–C) groups is 1. The second-order valence-corrected chi connectivity index (χ2v) is 10.9. The van der Waals surface area contributed by atoms with Crippen LogP contribution in [0.25, 0.3) is 0 Å². The van der Waals surface area contributed by atoms with Gasteiger partial charge in [0.15, 0.2) is 23.3 Å². The Hall–Kier alpha value is -3.14. The standard InChI is InChI=1S/C26H33N7O2S/c1-17-15-18(2)28-24(27-17)36-14-13-33-21-22(31(3)26(35)30-23(21)34)29-25(33)32-11-9-20(10-12-32)16-19-7-5-4-6-8-19/h4-8,15,20-22H,9-14,16H2,1-3H3,(H,30,34,35). The molecular formula is C26H33N7O2S. The Morgan fingerprint density at radius 2 is 1.75 bits per heavy atom. The lowest BCUT2D eigenvalue weighted by molar-refractivity contribution is -0.127. The zero-order valence-electron chi connectivity index (χ0n) is 21.1. The molecule has 2 fully saturated rings. The monoisotopic (exact) mass is 507 g/mol. The molecule has 9 nitrogen and oxygen atoms in total. The summed E-state index contributed by atoms with van der Waals surface area (Å²) < 4.78 is 0. The zero-order valence-corrected chi connectivity index (χ0v) is 21.9.